The molecule has 0 bridgehead atoms. The largest absolute Gasteiger partial charge is 0.573 e. The van der Waals surface area contributed by atoms with Gasteiger partial charge in [-0.1, -0.05) is 24.3 Å². The van der Waals surface area contributed by atoms with Crippen LogP contribution in [0.15, 0.2) is 60.8 Å². The van der Waals surface area contributed by atoms with Gasteiger partial charge in [0.25, 0.3) is 0 Å². The normalized spacial score (nSPS) is 11.0. The quantitative estimate of drug-likeness (QED) is 0.668. The number of nitrogens with zero attached hydrogens (tertiary/aromatic N) is 2. The third-order valence-electron chi connectivity index (χ3n) is 3.41. The summed E-state index contributed by atoms with van der Waals surface area (Å²) in [5.74, 6) is -1.32. The number of hydrogen-bond acceptors (Lipinski definition) is 7. The number of rotatable bonds is 6. The van der Waals surface area contributed by atoms with E-state index in [9.17, 15) is 23.1 Å². The molecule has 10 heteroatoms. The minimum atomic E-state index is -4.83. The molecule has 28 heavy (non-hydrogen) atoms. The smallest absolute Gasteiger partial charge is 0.545 e. The molecule has 0 radical (unpaired) electrons. The number of aromatic carboxylic acids is 1. The van der Waals surface area contributed by atoms with E-state index in [2.05, 4.69) is 25.3 Å². The fraction of sp³-hybridized carbons (Fsp3) is 0.0556. The summed E-state index contributed by atoms with van der Waals surface area (Å²) in [7, 11) is 0. The molecule has 0 amide bonds. The van der Waals surface area contributed by atoms with Crippen LogP contribution in [-0.2, 0) is 0 Å². The first-order chi connectivity index (χ1) is 13.3. The summed E-state index contributed by atoms with van der Waals surface area (Å²) < 4.78 is 41.5. The van der Waals surface area contributed by atoms with Gasteiger partial charge in [-0.05, 0) is 35.9 Å². The zero-order valence-corrected chi connectivity index (χ0v) is 14.0. The number of ether oxygens (including phenoxy) is 1. The van der Waals surface area contributed by atoms with Crippen LogP contribution >= 0.6 is 0 Å². The van der Waals surface area contributed by atoms with Crippen LogP contribution < -0.4 is 20.5 Å². The number of anilines is 4. The third-order valence-corrected chi connectivity index (χ3v) is 3.41. The van der Waals surface area contributed by atoms with Crippen molar-refractivity contribution in [2.75, 3.05) is 10.6 Å². The number of aromatic nitrogens is 2. The lowest BCUT2D eigenvalue weighted by molar-refractivity contribution is -0.274. The molecule has 0 unspecified atom stereocenters. The Hall–Kier alpha value is -3.82. The number of para-hydroxylation sites is 2. The topological polar surface area (TPSA) is 99.2 Å². The van der Waals surface area contributed by atoms with E-state index in [4.69, 9.17) is 0 Å². The number of nitrogens with one attached hydrogen (secondary N) is 2. The van der Waals surface area contributed by atoms with Crippen molar-refractivity contribution >= 4 is 29.1 Å². The molecule has 3 aromatic rings. The summed E-state index contributed by atoms with van der Waals surface area (Å²) in [6, 6.07) is 12.7. The summed E-state index contributed by atoms with van der Waals surface area (Å²) in [6.07, 6.45) is -3.42. The molecule has 0 aliphatic rings. The zero-order chi connectivity index (χ0) is 20.1. The van der Waals surface area contributed by atoms with Crippen molar-refractivity contribution in [3.63, 3.8) is 0 Å². The van der Waals surface area contributed by atoms with E-state index in [1.165, 1.54) is 54.7 Å². The fourth-order valence-corrected chi connectivity index (χ4v) is 2.23. The lowest BCUT2D eigenvalue weighted by atomic mass is 10.2. The highest BCUT2D eigenvalue weighted by Gasteiger charge is 2.32. The molecule has 0 aliphatic carbocycles. The van der Waals surface area contributed by atoms with E-state index >= 15 is 0 Å². The van der Waals surface area contributed by atoms with Crippen LogP contribution in [-0.4, -0.2) is 22.3 Å². The molecular formula is C18H12F3N4O3-. The van der Waals surface area contributed by atoms with Crippen molar-refractivity contribution in [1.29, 1.82) is 0 Å². The van der Waals surface area contributed by atoms with Crippen LogP contribution in [0, 0.1) is 0 Å². The highest BCUT2D eigenvalue weighted by atomic mass is 19.4. The molecule has 1 aromatic heterocycles. The predicted octanol–water partition coefficient (Wildman–Crippen LogP) is 3.23. The van der Waals surface area contributed by atoms with Gasteiger partial charge >= 0.3 is 6.36 Å². The molecule has 0 atom stereocenters. The molecule has 144 valence electrons. The number of halogens is 3. The van der Waals surface area contributed by atoms with Crippen molar-refractivity contribution < 1.29 is 27.8 Å². The second kappa shape index (κ2) is 7.82. The van der Waals surface area contributed by atoms with E-state index in [-0.39, 0.29) is 23.0 Å². The number of carboxylic acid groups (broad SMARTS) is 1. The van der Waals surface area contributed by atoms with Crippen molar-refractivity contribution in [1.82, 2.24) is 9.97 Å². The average molecular weight is 389 g/mol. The summed E-state index contributed by atoms with van der Waals surface area (Å²) in [6.45, 7) is 0. The lowest BCUT2D eigenvalue weighted by Crippen LogP contribution is -2.21. The molecule has 0 aliphatic heterocycles. The Bertz CT molecular complexity index is 978. The van der Waals surface area contributed by atoms with Crippen LogP contribution in [0.4, 0.5) is 36.3 Å². The molecular weight excluding hydrogens is 377 g/mol. The fourth-order valence-electron chi connectivity index (χ4n) is 2.23. The summed E-state index contributed by atoms with van der Waals surface area (Å²) in [5.41, 5.74) is 0.605. The Morgan fingerprint density at radius 2 is 1.71 bits per heavy atom. The first-order valence-corrected chi connectivity index (χ1v) is 7.83. The number of carboxylic acids is 1. The van der Waals surface area contributed by atoms with Gasteiger partial charge in [0.1, 0.15) is 5.82 Å². The van der Waals surface area contributed by atoms with Crippen LogP contribution in [0.1, 0.15) is 10.4 Å². The Kier molecular flexibility index (Phi) is 5.30. The van der Waals surface area contributed by atoms with Crippen LogP contribution in [0.3, 0.4) is 0 Å². The van der Waals surface area contributed by atoms with E-state index in [1.54, 1.807) is 6.07 Å². The van der Waals surface area contributed by atoms with Crippen molar-refractivity contribution in [2.45, 2.75) is 6.36 Å². The molecule has 1 heterocycles. The first-order valence-electron chi connectivity index (χ1n) is 7.83. The molecule has 2 N–H and O–H groups in total. The van der Waals surface area contributed by atoms with Crippen molar-refractivity contribution in [3.8, 4) is 5.75 Å². The molecule has 7 nitrogen and oxygen atoms in total. The summed E-state index contributed by atoms with van der Waals surface area (Å²) in [5, 5.41) is 16.4. The molecule has 0 saturated carbocycles. The minimum Gasteiger partial charge on any atom is -0.545 e. The maximum absolute atomic E-state index is 12.5. The summed E-state index contributed by atoms with van der Waals surface area (Å²) >= 11 is 0. The van der Waals surface area contributed by atoms with Gasteiger partial charge in [-0.3, -0.25) is 0 Å². The van der Waals surface area contributed by atoms with Crippen LogP contribution in [0.5, 0.6) is 5.75 Å². The van der Waals surface area contributed by atoms with Gasteiger partial charge in [0.05, 0.1) is 11.7 Å². The van der Waals surface area contributed by atoms with E-state index in [0.717, 1.165) is 0 Å². The van der Waals surface area contributed by atoms with E-state index in [1.807, 2.05) is 0 Å². The first kappa shape index (κ1) is 19.0. The standard InChI is InChI=1S/C18H13F3N4O3/c19-18(20,21)28-14-4-2-1-3-13(14)24-15-9-10-22-17(25-15)23-12-7-5-11(6-8-12)16(26)27/h1-10H,(H,26,27)(H2,22,23,24,25)/p-1. The number of alkyl halides is 3. The van der Waals surface area contributed by atoms with Gasteiger partial charge in [-0.15, -0.1) is 13.2 Å². The maximum atomic E-state index is 12.5. The highest BCUT2D eigenvalue weighted by molar-refractivity contribution is 5.86. The second-order valence-corrected chi connectivity index (χ2v) is 5.42. The summed E-state index contributed by atoms with van der Waals surface area (Å²) in [4.78, 5) is 18.9. The monoisotopic (exact) mass is 389 g/mol. The van der Waals surface area contributed by atoms with Crippen LogP contribution in [0.2, 0.25) is 0 Å². The van der Waals surface area contributed by atoms with Gasteiger partial charge in [-0.2, -0.15) is 4.98 Å². The predicted molar refractivity (Wildman–Crippen MR) is 92.5 cm³/mol. The van der Waals surface area contributed by atoms with Gasteiger partial charge in [0.15, 0.2) is 5.75 Å². The molecule has 0 fully saturated rings. The number of hydrogen-bond donors (Lipinski definition) is 2. The van der Waals surface area contributed by atoms with E-state index in [0.29, 0.717) is 5.69 Å². The number of carbonyl (C=O) groups excluding carboxylic acids is 1. The lowest BCUT2D eigenvalue weighted by Gasteiger charge is -2.14. The minimum absolute atomic E-state index is 0.0168. The maximum Gasteiger partial charge on any atom is 0.573 e. The number of benzene rings is 2. The molecule has 0 spiro atoms. The van der Waals surface area contributed by atoms with Crippen molar-refractivity contribution in [3.05, 3.63) is 66.4 Å². The van der Waals surface area contributed by atoms with Gasteiger partial charge in [0, 0.05) is 11.9 Å². The SMILES string of the molecule is O=C([O-])c1ccc(Nc2nccc(Nc3ccccc3OC(F)(F)F)n2)cc1. The highest BCUT2D eigenvalue weighted by Crippen LogP contribution is 2.31. The Balaban J connectivity index is 1.76. The average Bonchev–Trinajstić information content (AvgIpc) is 2.63. The zero-order valence-electron chi connectivity index (χ0n) is 14.0. The van der Waals surface area contributed by atoms with Crippen molar-refractivity contribution in [2.24, 2.45) is 0 Å². The Morgan fingerprint density at radius 1 is 1.00 bits per heavy atom. The number of carbonyl (C=O) groups is 1. The van der Waals surface area contributed by atoms with E-state index < -0.39 is 18.1 Å². The van der Waals surface area contributed by atoms with Gasteiger partial charge in [-0.25, -0.2) is 4.98 Å². The molecule has 2 aromatic carbocycles. The molecule has 3 rings (SSSR count). The Labute approximate surface area is 156 Å². The third kappa shape index (κ3) is 5.10. The molecule has 0 saturated heterocycles. The second-order valence-electron chi connectivity index (χ2n) is 5.42. The van der Waals surface area contributed by atoms with Gasteiger partial charge < -0.3 is 25.3 Å². The Morgan fingerprint density at radius 3 is 2.39 bits per heavy atom. The van der Waals surface area contributed by atoms with Gasteiger partial charge in [0.2, 0.25) is 5.95 Å². The van der Waals surface area contributed by atoms with Crippen LogP contribution in [0.25, 0.3) is 0 Å².